The van der Waals surface area contributed by atoms with Crippen molar-refractivity contribution in [2.75, 3.05) is 5.32 Å². The van der Waals surface area contributed by atoms with E-state index in [0.717, 1.165) is 15.2 Å². The van der Waals surface area contributed by atoms with Crippen LogP contribution in [0.15, 0.2) is 40.9 Å². The van der Waals surface area contributed by atoms with Crippen LogP contribution in [0.4, 0.5) is 10.1 Å². The molecule has 2 aromatic carbocycles. The molecule has 0 saturated carbocycles. The second kappa shape index (κ2) is 5.54. The topological polar surface area (TPSA) is 42.0 Å². The van der Waals surface area contributed by atoms with E-state index < -0.39 is 5.82 Å². The first-order valence-corrected chi connectivity index (χ1v) is 7.77. The van der Waals surface area contributed by atoms with Crippen molar-refractivity contribution in [3.63, 3.8) is 0 Å². The van der Waals surface area contributed by atoms with Crippen molar-refractivity contribution >= 4 is 49.1 Å². The van der Waals surface area contributed by atoms with Crippen LogP contribution in [0.1, 0.15) is 15.4 Å². The van der Waals surface area contributed by atoms with Crippen molar-refractivity contribution in [3.8, 4) is 0 Å². The van der Waals surface area contributed by atoms with Gasteiger partial charge in [-0.1, -0.05) is 0 Å². The van der Waals surface area contributed by atoms with Crippen LogP contribution in [0.2, 0.25) is 0 Å². The molecule has 0 unspecified atom stereocenters. The van der Waals surface area contributed by atoms with Gasteiger partial charge in [0.15, 0.2) is 0 Å². The van der Waals surface area contributed by atoms with Gasteiger partial charge in [-0.15, -0.1) is 11.3 Å². The van der Waals surface area contributed by atoms with Crippen LogP contribution in [0.3, 0.4) is 0 Å². The number of hydrogen-bond donors (Lipinski definition) is 1. The third kappa shape index (κ3) is 2.96. The summed E-state index contributed by atoms with van der Waals surface area (Å²) in [7, 11) is 0. The smallest absolute Gasteiger partial charge is 0.256 e. The van der Waals surface area contributed by atoms with Crippen molar-refractivity contribution in [3.05, 3.63) is 57.3 Å². The lowest BCUT2D eigenvalue weighted by atomic mass is 10.2. The Morgan fingerprint density at radius 2 is 2.10 bits per heavy atom. The van der Waals surface area contributed by atoms with E-state index in [9.17, 15) is 9.18 Å². The van der Waals surface area contributed by atoms with Gasteiger partial charge in [-0.3, -0.25) is 4.79 Å². The van der Waals surface area contributed by atoms with E-state index in [1.807, 2.05) is 19.1 Å². The first-order chi connectivity index (χ1) is 10.0. The molecule has 3 aromatic rings. The van der Waals surface area contributed by atoms with Crippen LogP contribution in [0, 0.1) is 12.7 Å². The van der Waals surface area contributed by atoms with Gasteiger partial charge in [-0.05, 0) is 59.3 Å². The molecule has 6 heteroatoms. The van der Waals surface area contributed by atoms with E-state index in [4.69, 9.17) is 0 Å². The van der Waals surface area contributed by atoms with Gasteiger partial charge in [0.2, 0.25) is 0 Å². The maximum Gasteiger partial charge on any atom is 0.256 e. The zero-order chi connectivity index (χ0) is 15.0. The normalized spacial score (nSPS) is 10.8. The molecule has 0 saturated heterocycles. The highest BCUT2D eigenvalue weighted by Crippen LogP contribution is 2.26. The molecule has 0 radical (unpaired) electrons. The number of halogens is 2. The molecule has 3 nitrogen and oxygen atoms in total. The summed E-state index contributed by atoms with van der Waals surface area (Å²) in [5.74, 6) is -0.807. The minimum atomic E-state index is -0.447. The van der Waals surface area contributed by atoms with Gasteiger partial charge >= 0.3 is 0 Å². The van der Waals surface area contributed by atoms with E-state index in [1.54, 1.807) is 17.4 Å². The number of fused-ring (bicyclic) bond motifs is 1. The molecule has 0 atom stereocenters. The Balaban J connectivity index is 1.90. The number of rotatable bonds is 2. The highest BCUT2D eigenvalue weighted by Gasteiger charge is 2.12. The van der Waals surface area contributed by atoms with E-state index >= 15 is 0 Å². The van der Waals surface area contributed by atoms with Crippen molar-refractivity contribution in [2.24, 2.45) is 0 Å². The Bertz CT molecular complexity index is 847. The van der Waals surface area contributed by atoms with Crippen LogP contribution in [0.5, 0.6) is 0 Å². The second-order valence-corrected chi connectivity index (χ2v) is 6.58. The quantitative estimate of drug-likeness (QED) is 0.712. The van der Waals surface area contributed by atoms with E-state index in [0.29, 0.717) is 10.2 Å². The van der Waals surface area contributed by atoms with E-state index in [2.05, 4.69) is 26.2 Å². The van der Waals surface area contributed by atoms with Gasteiger partial charge in [0.05, 0.1) is 20.8 Å². The molecule has 1 amide bonds. The second-order valence-electron chi connectivity index (χ2n) is 4.49. The number of amides is 1. The van der Waals surface area contributed by atoms with Crippen molar-refractivity contribution in [2.45, 2.75) is 6.92 Å². The molecule has 1 aromatic heterocycles. The minimum absolute atomic E-state index is 0.260. The zero-order valence-corrected chi connectivity index (χ0v) is 13.4. The van der Waals surface area contributed by atoms with Gasteiger partial charge in [-0.2, -0.15) is 0 Å². The van der Waals surface area contributed by atoms with Gasteiger partial charge in [0, 0.05) is 10.2 Å². The Hall–Kier alpha value is -1.79. The molecule has 0 aliphatic rings. The molecule has 0 aliphatic carbocycles. The highest BCUT2D eigenvalue weighted by atomic mass is 79.9. The number of aryl methyl sites for hydroxylation is 1. The van der Waals surface area contributed by atoms with Crippen molar-refractivity contribution < 1.29 is 9.18 Å². The van der Waals surface area contributed by atoms with Crippen LogP contribution in [-0.4, -0.2) is 10.9 Å². The number of aromatic nitrogens is 1. The Morgan fingerprint density at radius 3 is 2.90 bits per heavy atom. The summed E-state index contributed by atoms with van der Waals surface area (Å²) in [5, 5.41) is 3.74. The highest BCUT2D eigenvalue weighted by molar-refractivity contribution is 9.10. The summed E-state index contributed by atoms with van der Waals surface area (Å²) in [4.78, 5) is 16.6. The fourth-order valence-electron chi connectivity index (χ4n) is 1.99. The van der Waals surface area contributed by atoms with Crippen LogP contribution >= 0.6 is 27.3 Å². The van der Waals surface area contributed by atoms with Gasteiger partial charge in [0.25, 0.3) is 5.91 Å². The number of hydrogen-bond acceptors (Lipinski definition) is 3. The third-order valence-electron chi connectivity index (χ3n) is 2.93. The van der Waals surface area contributed by atoms with Crippen LogP contribution in [-0.2, 0) is 0 Å². The molecule has 0 spiro atoms. The third-order valence-corrected chi connectivity index (χ3v) is 4.55. The predicted molar refractivity (Wildman–Crippen MR) is 86.4 cm³/mol. The number of benzene rings is 2. The lowest BCUT2D eigenvalue weighted by molar-refractivity contribution is 0.102. The standard InChI is InChI=1S/C15H10BrFN2OS/c1-8-18-13-5-3-10(7-14(13)21-8)19-15(20)11-6-9(17)2-4-12(11)16/h2-7H,1H3,(H,19,20). The Morgan fingerprint density at radius 1 is 1.29 bits per heavy atom. The number of nitrogens with one attached hydrogen (secondary N) is 1. The Kier molecular flexibility index (Phi) is 3.73. The summed E-state index contributed by atoms with van der Waals surface area (Å²) >= 11 is 4.82. The molecule has 1 heterocycles. The first kappa shape index (κ1) is 14.2. The molecule has 0 fully saturated rings. The zero-order valence-electron chi connectivity index (χ0n) is 11.0. The van der Waals surface area contributed by atoms with Gasteiger partial charge in [-0.25, -0.2) is 9.37 Å². The summed E-state index contributed by atoms with van der Waals surface area (Å²) in [6, 6.07) is 9.52. The average Bonchev–Trinajstić information content (AvgIpc) is 2.80. The maximum absolute atomic E-state index is 13.2. The minimum Gasteiger partial charge on any atom is -0.322 e. The SMILES string of the molecule is Cc1nc2ccc(NC(=O)c3cc(F)ccc3Br)cc2s1. The fraction of sp³-hybridized carbons (Fsp3) is 0.0667. The lowest BCUT2D eigenvalue weighted by Gasteiger charge is -2.07. The Labute approximate surface area is 133 Å². The molecule has 106 valence electrons. The number of carbonyl (C=O) groups excluding carboxylic acids is 1. The molecular weight excluding hydrogens is 355 g/mol. The average molecular weight is 365 g/mol. The summed E-state index contributed by atoms with van der Waals surface area (Å²) in [6.07, 6.45) is 0. The van der Waals surface area contributed by atoms with Crippen molar-refractivity contribution in [1.29, 1.82) is 0 Å². The van der Waals surface area contributed by atoms with E-state index in [-0.39, 0.29) is 11.5 Å². The number of carbonyl (C=O) groups is 1. The molecule has 0 aliphatic heterocycles. The molecule has 21 heavy (non-hydrogen) atoms. The molecule has 3 rings (SSSR count). The molecule has 1 N–H and O–H groups in total. The fourth-order valence-corrected chi connectivity index (χ4v) is 3.28. The lowest BCUT2D eigenvalue weighted by Crippen LogP contribution is -2.12. The predicted octanol–water partition coefficient (Wildman–Crippen LogP) is 4.76. The summed E-state index contributed by atoms with van der Waals surface area (Å²) < 4.78 is 14.8. The molecular formula is C15H10BrFN2OS. The first-order valence-electron chi connectivity index (χ1n) is 6.16. The van der Waals surface area contributed by atoms with Gasteiger partial charge in [0.1, 0.15) is 5.82 Å². The monoisotopic (exact) mass is 364 g/mol. The number of thiazole rings is 1. The maximum atomic E-state index is 13.2. The van der Waals surface area contributed by atoms with Crippen molar-refractivity contribution in [1.82, 2.24) is 4.98 Å². The van der Waals surface area contributed by atoms with Crippen LogP contribution in [0.25, 0.3) is 10.2 Å². The number of anilines is 1. The molecule has 0 bridgehead atoms. The summed E-state index contributed by atoms with van der Waals surface area (Å²) in [6.45, 7) is 1.94. The largest absolute Gasteiger partial charge is 0.322 e. The summed E-state index contributed by atoms with van der Waals surface area (Å²) in [5.41, 5.74) is 1.82. The van der Waals surface area contributed by atoms with Crippen LogP contribution < -0.4 is 5.32 Å². The van der Waals surface area contributed by atoms with Gasteiger partial charge < -0.3 is 5.32 Å². The van der Waals surface area contributed by atoms with E-state index in [1.165, 1.54) is 18.2 Å². The number of nitrogens with zero attached hydrogens (tertiary/aromatic N) is 1.